The van der Waals surface area contributed by atoms with Crippen LogP contribution in [0.25, 0.3) is 0 Å². The van der Waals surface area contributed by atoms with Crippen LogP contribution >= 0.6 is 11.6 Å². The first kappa shape index (κ1) is 9.33. The van der Waals surface area contributed by atoms with Crippen LogP contribution in [0.15, 0.2) is 12.1 Å². The van der Waals surface area contributed by atoms with Gasteiger partial charge in [0.15, 0.2) is 0 Å². The minimum absolute atomic E-state index is 0.407. The number of hydrogen-bond donors (Lipinski definition) is 0. The van der Waals surface area contributed by atoms with Crippen LogP contribution in [0.4, 0.5) is 0 Å². The van der Waals surface area contributed by atoms with E-state index in [9.17, 15) is 0 Å². The molecule has 0 radical (unpaired) electrons. The molecule has 1 heterocycles. The molecule has 2 nitrogen and oxygen atoms in total. The molecule has 0 saturated heterocycles. The Hall–Kier alpha value is -0.760. The standard InChI is InChI=1S/C9H12ClNO/c1-6(2)7-4-5-8(10)11-9(7)12-3/h4-6H,1-3H3. The maximum Gasteiger partial charge on any atom is 0.217 e. The molecule has 0 unspecified atom stereocenters. The van der Waals surface area contributed by atoms with Crippen LogP contribution in [0.2, 0.25) is 5.15 Å². The molecule has 12 heavy (non-hydrogen) atoms. The van der Waals surface area contributed by atoms with Gasteiger partial charge in [-0.05, 0) is 12.0 Å². The molecular formula is C9H12ClNO. The zero-order chi connectivity index (χ0) is 9.14. The molecule has 0 saturated carbocycles. The number of methoxy groups -OCH3 is 1. The summed E-state index contributed by atoms with van der Waals surface area (Å²) in [6.45, 7) is 4.18. The molecule has 0 bridgehead atoms. The molecule has 0 amide bonds. The van der Waals surface area contributed by atoms with E-state index in [4.69, 9.17) is 16.3 Å². The largest absolute Gasteiger partial charge is 0.481 e. The second kappa shape index (κ2) is 3.76. The molecular weight excluding hydrogens is 174 g/mol. The Morgan fingerprint density at radius 1 is 1.42 bits per heavy atom. The molecule has 3 heteroatoms. The van der Waals surface area contributed by atoms with Gasteiger partial charge in [-0.2, -0.15) is 0 Å². The Bertz CT molecular complexity index is 273. The smallest absolute Gasteiger partial charge is 0.217 e. The van der Waals surface area contributed by atoms with Gasteiger partial charge in [-0.25, -0.2) is 4.98 Å². The van der Waals surface area contributed by atoms with Crippen LogP contribution in [0, 0.1) is 0 Å². The van der Waals surface area contributed by atoms with Crippen molar-refractivity contribution in [3.8, 4) is 5.88 Å². The van der Waals surface area contributed by atoms with Crippen molar-refractivity contribution in [3.05, 3.63) is 22.8 Å². The summed E-state index contributed by atoms with van der Waals surface area (Å²) in [5, 5.41) is 0.469. The molecule has 1 aromatic heterocycles. The van der Waals surface area contributed by atoms with Gasteiger partial charge in [-0.15, -0.1) is 0 Å². The molecule has 0 aliphatic carbocycles. The van der Waals surface area contributed by atoms with Crippen molar-refractivity contribution < 1.29 is 4.74 Å². The van der Waals surface area contributed by atoms with E-state index in [0.717, 1.165) is 5.56 Å². The van der Waals surface area contributed by atoms with Crippen LogP contribution in [0.5, 0.6) is 5.88 Å². The van der Waals surface area contributed by atoms with Gasteiger partial charge in [-0.3, -0.25) is 0 Å². The minimum atomic E-state index is 0.407. The van der Waals surface area contributed by atoms with Gasteiger partial charge in [0.05, 0.1) is 7.11 Å². The summed E-state index contributed by atoms with van der Waals surface area (Å²) in [6, 6.07) is 3.72. The lowest BCUT2D eigenvalue weighted by Crippen LogP contribution is -1.96. The first-order chi connectivity index (χ1) is 5.65. The third kappa shape index (κ3) is 1.89. The van der Waals surface area contributed by atoms with E-state index >= 15 is 0 Å². The van der Waals surface area contributed by atoms with Gasteiger partial charge in [0, 0.05) is 5.56 Å². The van der Waals surface area contributed by atoms with Crippen LogP contribution in [0.3, 0.4) is 0 Å². The highest BCUT2D eigenvalue weighted by atomic mass is 35.5. The Labute approximate surface area is 77.5 Å². The summed E-state index contributed by atoms with van der Waals surface area (Å²) in [6.07, 6.45) is 0. The number of rotatable bonds is 2. The Morgan fingerprint density at radius 2 is 2.08 bits per heavy atom. The highest BCUT2D eigenvalue weighted by Gasteiger charge is 2.08. The Kier molecular flexibility index (Phi) is 2.93. The lowest BCUT2D eigenvalue weighted by Gasteiger charge is -2.09. The summed E-state index contributed by atoms with van der Waals surface area (Å²) < 4.78 is 5.09. The van der Waals surface area contributed by atoms with Gasteiger partial charge in [0.25, 0.3) is 0 Å². The van der Waals surface area contributed by atoms with Gasteiger partial charge >= 0.3 is 0 Å². The summed E-state index contributed by atoms with van der Waals surface area (Å²) >= 11 is 5.71. The number of pyridine rings is 1. The van der Waals surface area contributed by atoms with Gasteiger partial charge < -0.3 is 4.74 Å². The minimum Gasteiger partial charge on any atom is -0.481 e. The summed E-state index contributed by atoms with van der Waals surface area (Å²) in [4.78, 5) is 4.06. The summed E-state index contributed by atoms with van der Waals surface area (Å²) in [7, 11) is 1.60. The number of halogens is 1. The van der Waals surface area contributed by atoms with Crippen molar-refractivity contribution in [2.75, 3.05) is 7.11 Å². The maximum absolute atomic E-state index is 5.71. The number of ether oxygens (including phenoxy) is 1. The third-order valence-corrected chi connectivity index (χ3v) is 1.88. The number of aromatic nitrogens is 1. The lowest BCUT2D eigenvalue weighted by molar-refractivity contribution is 0.390. The monoisotopic (exact) mass is 185 g/mol. The SMILES string of the molecule is COc1nc(Cl)ccc1C(C)C. The van der Waals surface area contributed by atoms with Gasteiger partial charge in [-0.1, -0.05) is 31.5 Å². The predicted molar refractivity (Wildman–Crippen MR) is 49.9 cm³/mol. The molecule has 0 spiro atoms. The van der Waals surface area contributed by atoms with E-state index in [2.05, 4.69) is 18.8 Å². The Morgan fingerprint density at radius 3 is 2.58 bits per heavy atom. The quantitative estimate of drug-likeness (QED) is 0.661. The fourth-order valence-corrected chi connectivity index (χ4v) is 1.17. The zero-order valence-corrected chi connectivity index (χ0v) is 8.22. The number of nitrogens with zero attached hydrogens (tertiary/aromatic N) is 1. The first-order valence-corrected chi connectivity index (χ1v) is 4.23. The Balaban J connectivity index is 3.11. The molecule has 66 valence electrons. The fraction of sp³-hybridized carbons (Fsp3) is 0.444. The molecule has 0 atom stereocenters. The van der Waals surface area contributed by atoms with E-state index in [-0.39, 0.29) is 0 Å². The predicted octanol–water partition coefficient (Wildman–Crippen LogP) is 2.87. The van der Waals surface area contributed by atoms with Crippen molar-refractivity contribution in [3.63, 3.8) is 0 Å². The topological polar surface area (TPSA) is 22.1 Å². The van der Waals surface area contributed by atoms with Crippen molar-refractivity contribution in [2.24, 2.45) is 0 Å². The molecule has 1 rings (SSSR count). The van der Waals surface area contributed by atoms with Crippen LogP contribution in [-0.4, -0.2) is 12.1 Å². The fourth-order valence-electron chi connectivity index (χ4n) is 1.03. The average molecular weight is 186 g/mol. The van der Waals surface area contributed by atoms with Crippen molar-refractivity contribution in [1.29, 1.82) is 0 Å². The van der Waals surface area contributed by atoms with Crippen LogP contribution < -0.4 is 4.74 Å². The molecule has 0 aliphatic heterocycles. The maximum atomic E-state index is 5.71. The molecule has 0 aromatic carbocycles. The molecule has 0 aliphatic rings. The second-order valence-electron chi connectivity index (χ2n) is 2.89. The summed E-state index contributed by atoms with van der Waals surface area (Å²) in [5.41, 5.74) is 1.09. The van der Waals surface area contributed by atoms with Crippen LogP contribution in [-0.2, 0) is 0 Å². The normalized spacial score (nSPS) is 10.4. The van der Waals surface area contributed by atoms with Gasteiger partial charge in [0.1, 0.15) is 5.15 Å². The molecule has 0 fully saturated rings. The first-order valence-electron chi connectivity index (χ1n) is 3.85. The number of hydrogen-bond acceptors (Lipinski definition) is 2. The summed E-state index contributed by atoms with van der Waals surface area (Å²) in [5.74, 6) is 1.03. The van der Waals surface area contributed by atoms with Crippen molar-refractivity contribution in [2.45, 2.75) is 19.8 Å². The highest BCUT2D eigenvalue weighted by Crippen LogP contribution is 2.25. The van der Waals surface area contributed by atoms with Crippen molar-refractivity contribution in [1.82, 2.24) is 4.98 Å². The van der Waals surface area contributed by atoms with E-state index in [1.54, 1.807) is 13.2 Å². The third-order valence-electron chi connectivity index (χ3n) is 1.67. The van der Waals surface area contributed by atoms with Crippen LogP contribution in [0.1, 0.15) is 25.3 Å². The second-order valence-corrected chi connectivity index (χ2v) is 3.27. The van der Waals surface area contributed by atoms with E-state index in [1.807, 2.05) is 6.07 Å². The zero-order valence-electron chi connectivity index (χ0n) is 7.47. The highest BCUT2D eigenvalue weighted by molar-refractivity contribution is 6.29. The van der Waals surface area contributed by atoms with Gasteiger partial charge in [0.2, 0.25) is 5.88 Å². The molecule has 0 N–H and O–H groups in total. The lowest BCUT2D eigenvalue weighted by atomic mass is 10.1. The average Bonchev–Trinajstić information content (AvgIpc) is 2.03. The van der Waals surface area contributed by atoms with E-state index < -0.39 is 0 Å². The van der Waals surface area contributed by atoms with E-state index in [0.29, 0.717) is 17.0 Å². The van der Waals surface area contributed by atoms with E-state index in [1.165, 1.54) is 0 Å². The van der Waals surface area contributed by atoms with Crippen molar-refractivity contribution >= 4 is 11.6 Å². The molecule has 1 aromatic rings.